The van der Waals surface area contributed by atoms with Crippen molar-refractivity contribution in [3.8, 4) is 0 Å². The molecule has 2 saturated heterocycles. The van der Waals surface area contributed by atoms with Gasteiger partial charge in [-0.3, -0.25) is 9.69 Å². The molecule has 2 aliphatic rings. The van der Waals surface area contributed by atoms with Gasteiger partial charge in [-0.05, 0) is 30.9 Å². The minimum Gasteiger partial charge on any atom is -0.351 e. The number of carbonyl (C=O) groups excluding carboxylic acids is 1. The molecule has 3 atom stereocenters. The molecule has 0 N–H and O–H groups in total. The van der Waals surface area contributed by atoms with Gasteiger partial charge in [-0.1, -0.05) is 29.4 Å². The molecule has 0 bridgehead atoms. The van der Waals surface area contributed by atoms with E-state index in [1.54, 1.807) is 17.4 Å². The number of nitrogens with zero attached hydrogens (tertiary/aromatic N) is 4. The summed E-state index contributed by atoms with van der Waals surface area (Å²) >= 11 is 1.64. The number of benzene rings is 1. The van der Waals surface area contributed by atoms with Crippen molar-refractivity contribution in [2.24, 2.45) is 11.8 Å². The molecular formula is C22H24N4O2S. The predicted molar refractivity (Wildman–Crippen MR) is 111 cm³/mol. The number of rotatable bonds is 4. The third kappa shape index (κ3) is 3.38. The summed E-state index contributed by atoms with van der Waals surface area (Å²) in [6.07, 6.45) is 0. The van der Waals surface area contributed by atoms with Crippen LogP contribution in [0, 0.1) is 25.7 Å². The van der Waals surface area contributed by atoms with Crippen LogP contribution in [0.2, 0.25) is 0 Å². The number of hydrogen-bond donors (Lipinski definition) is 0. The van der Waals surface area contributed by atoms with Crippen molar-refractivity contribution < 1.29 is 9.32 Å². The fraction of sp³-hybridized carbons (Fsp3) is 0.409. The summed E-state index contributed by atoms with van der Waals surface area (Å²) in [6, 6.07) is 10.2. The van der Waals surface area contributed by atoms with E-state index in [4.69, 9.17) is 4.52 Å². The minimum atomic E-state index is -0.0562. The first-order valence-corrected chi connectivity index (χ1v) is 10.9. The van der Waals surface area contributed by atoms with Gasteiger partial charge in [0.05, 0.1) is 22.9 Å². The van der Waals surface area contributed by atoms with Crippen LogP contribution in [0.4, 0.5) is 0 Å². The quantitative estimate of drug-likeness (QED) is 0.659. The maximum atomic E-state index is 13.3. The van der Waals surface area contributed by atoms with Crippen LogP contribution >= 0.6 is 11.3 Å². The van der Waals surface area contributed by atoms with E-state index in [0.717, 1.165) is 37.6 Å². The number of amides is 1. The van der Waals surface area contributed by atoms with Gasteiger partial charge >= 0.3 is 0 Å². The first-order chi connectivity index (χ1) is 14.1. The van der Waals surface area contributed by atoms with E-state index >= 15 is 0 Å². The van der Waals surface area contributed by atoms with E-state index < -0.39 is 0 Å². The van der Waals surface area contributed by atoms with E-state index in [0.29, 0.717) is 17.6 Å². The Bertz CT molecular complexity index is 1020. The average molecular weight is 409 g/mol. The molecule has 2 aromatic heterocycles. The van der Waals surface area contributed by atoms with Gasteiger partial charge in [-0.25, -0.2) is 4.98 Å². The number of aromatic nitrogens is 2. The normalized spacial score (nSPS) is 24.2. The van der Waals surface area contributed by atoms with Crippen LogP contribution in [-0.2, 0) is 6.54 Å². The topological polar surface area (TPSA) is 62.5 Å². The molecule has 0 unspecified atom stereocenters. The monoisotopic (exact) mass is 408 g/mol. The molecule has 6 nitrogen and oxygen atoms in total. The van der Waals surface area contributed by atoms with Crippen LogP contribution in [0.1, 0.15) is 39.1 Å². The first kappa shape index (κ1) is 18.5. The maximum Gasteiger partial charge on any atom is 0.293 e. The molecule has 3 aromatic rings. The summed E-state index contributed by atoms with van der Waals surface area (Å²) in [5.41, 5.74) is 6.21. The highest BCUT2D eigenvalue weighted by Gasteiger charge is 2.50. The van der Waals surface area contributed by atoms with Crippen molar-refractivity contribution in [3.05, 3.63) is 69.5 Å². The zero-order valence-corrected chi connectivity index (χ0v) is 17.4. The van der Waals surface area contributed by atoms with Gasteiger partial charge in [0.15, 0.2) is 0 Å². The Morgan fingerprint density at radius 3 is 2.83 bits per heavy atom. The summed E-state index contributed by atoms with van der Waals surface area (Å²) in [5.74, 6) is 1.13. The first-order valence-electron chi connectivity index (χ1n) is 9.99. The van der Waals surface area contributed by atoms with Crippen LogP contribution < -0.4 is 0 Å². The van der Waals surface area contributed by atoms with E-state index in [1.165, 1.54) is 11.1 Å². The van der Waals surface area contributed by atoms with Crippen molar-refractivity contribution in [2.75, 3.05) is 19.6 Å². The Kier molecular flexibility index (Phi) is 4.72. The molecule has 1 amide bonds. The standard InChI is InChI=1S/C22H24N4O2S/c1-14-5-3-4-6-18(14)21-19-11-25(10-17-12-29-13-23-17)8-16(19)9-26(21)22(27)20-7-15(2)24-28-20/h3-7,12-13,16,19,21H,8-11H2,1-2H3/t16-,19-,21+/m0/s1. The molecule has 0 saturated carbocycles. The second-order valence-corrected chi connectivity index (χ2v) is 8.91. The van der Waals surface area contributed by atoms with Crippen molar-refractivity contribution in [1.82, 2.24) is 19.9 Å². The van der Waals surface area contributed by atoms with Gasteiger partial charge in [0.1, 0.15) is 0 Å². The summed E-state index contributed by atoms with van der Waals surface area (Å²) < 4.78 is 5.31. The fourth-order valence-corrected chi connectivity index (χ4v) is 5.49. The Labute approximate surface area is 174 Å². The van der Waals surface area contributed by atoms with Crippen LogP contribution in [0.15, 0.2) is 45.7 Å². The lowest BCUT2D eigenvalue weighted by Crippen LogP contribution is -2.35. The van der Waals surface area contributed by atoms with Gasteiger partial charge in [0.25, 0.3) is 5.91 Å². The third-order valence-corrected chi connectivity index (χ3v) is 6.85. The Morgan fingerprint density at radius 1 is 1.24 bits per heavy atom. The van der Waals surface area contributed by atoms with Crippen molar-refractivity contribution in [2.45, 2.75) is 26.4 Å². The Balaban J connectivity index is 1.45. The lowest BCUT2D eigenvalue weighted by atomic mass is 9.87. The second-order valence-electron chi connectivity index (χ2n) is 8.19. The molecule has 7 heteroatoms. The highest BCUT2D eigenvalue weighted by molar-refractivity contribution is 7.07. The fourth-order valence-electron chi connectivity index (χ4n) is 4.94. The van der Waals surface area contributed by atoms with Gasteiger partial charge in [-0.15, -0.1) is 11.3 Å². The van der Waals surface area contributed by atoms with Crippen LogP contribution in [0.5, 0.6) is 0 Å². The number of fused-ring (bicyclic) bond motifs is 1. The number of hydrogen-bond acceptors (Lipinski definition) is 6. The smallest absolute Gasteiger partial charge is 0.293 e. The maximum absolute atomic E-state index is 13.3. The number of carbonyl (C=O) groups is 1. The van der Waals surface area contributed by atoms with Crippen LogP contribution in [0.3, 0.4) is 0 Å². The minimum absolute atomic E-state index is 0.0551. The average Bonchev–Trinajstić information content (AvgIpc) is 3.47. The molecule has 2 aliphatic heterocycles. The molecule has 5 rings (SSSR count). The molecule has 0 aliphatic carbocycles. The molecule has 29 heavy (non-hydrogen) atoms. The zero-order chi connectivity index (χ0) is 20.0. The molecular weight excluding hydrogens is 384 g/mol. The molecule has 0 spiro atoms. The van der Waals surface area contributed by atoms with E-state index in [9.17, 15) is 4.79 Å². The highest BCUT2D eigenvalue weighted by atomic mass is 32.1. The van der Waals surface area contributed by atoms with Crippen molar-refractivity contribution >= 4 is 17.2 Å². The Hall–Kier alpha value is -2.51. The van der Waals surface area contributed by atoms with Crippen molar-refractivity contribution in [3.63, 3.8) is 0 Å². The van der Waals surface area contributed by atoms with Gasteiger partial charge in [-0.2, -0.15) is 0 Å². The van der Waals surface area contributed by atoms with E-state index in [2.05, 4.69) is 51.6 Å². The largest absolute Gasteiger partial charge is 0.351 e. The summed E-state index contributed by atoms with van der Waals surface area (Å²) in [7, 11) is 0. The lowest BCUT2D eigenvalue weighted by molar-refractivity contribution is 0.0657. The van der Waals surface area contributed by atoms with Gasteiger partial charge in [0, 0.05) is 43.5 Å². The zero-order valence-electron chi connectivity index (χ0n) is 16.6. The number of aryl methyl sites for hydroxylation is 2. The molecule has 4 heterocycles. The second kappa shape index (κ2) is 7.39. The molecule has 0 radical (unpaired) electrons. The highest BCUT2D eigenvalue weighted by Crippen LogP contribution is 2.46. The van der Waals surface area contributed by atoms with E-state index in [1.807, 2.05) is 17.3 Å². The Morgan fingerprint density at radius 2 is 2.10 bits per heavy atom. The molecule has 1 aromatic carbocycles. The summed E-state index contributed by atoms with van der Waals surface area (Å²) in [6.45, 7) is 7.56. The summed E-state index contributed by atoms with van der Waals surface area (Å²) in [5, 5.41) is 6.03. The van der Waals surface area contributed by atoms with E-state index in [-0.39, 0.29) is 11.9 Å². The molecule has 2 fully saturated rings. The van der Waals surface area contributed by atoms with Crippen molar-refractivity contribution in [1.29, 1.82) is 0 Å². The number of thiazole rings is 1. The van der Waals surface area contributed by atoms with Crippen LogP contribution in [-0.4, -0.2) is 45.5 Å². The lowest BCUT2D eigenvalue weighted by Gasteiger charge is -2.30. The predicted octanol–water partition coefficient (Wildman–Crippen LogP) is 3.69. The SMILES string of the molecule is Cc1cc(C(=O)N2C[C@@H]3CN(Cc4cscn4)C[C@@H]3[C@H]2c2ccccc2C)on1. The number of likely N-dealkylation sites (tertiary alicyclic amines) is 2. The molecule has 150 valence electrons. The summed E-state index contributed by atoms with van der Waals surface area (Å²) in [4.78, 5) is 22.2. The van der Waals surface area contributed by atoms with Gasteiger partial charge < -0.3 is 9.42 Å². The third-order valence-electron chi connectivity index (χ3n) is 6.22. The van der Waals surface area contributed by atoms with Gasteiger partial charge in [0.2, 0.25) is 5.76 Å². The van der Waals surface area contributed by atoms with Crippen LogP contribution in [0.25, 0.3) is 0 Å².